The molecule has 0 spiro atoms. The van der Waals surface area contributed by atoms with Crippen molar-refractivity contribution in [2.75, 3.05) is 0 Å². The van der Waals surface area contributed by atoms with Gasteiger partial charge in [0.05, 0.1) is 18.9 Å². The average molecular weight is 270 g/mol. The van der Waals surface area contributed by atoms with E-state index < -0.39 is 18.0 Å². The van der Waals surface area contributed by atoms with Gasteiger partial charge in [-0.05, 0) is 25.7 Å². The first kappa shape index (κ1) is 17.4. The Balaban J connectivity index is 3.99. The molecule has 0 fully saturated rings. The van der Waals surface area contributed by atoms with Gasteiger partial charge in [-0.25, -0.2) is 0 Å². The summed E-state index contributed by atoms with van der Waals surface area (Å²) < 4.78 is 0. The van der Waals surface area contributed by atoms with Gasteiger partial charge in [0.1, 0.15) is 0 Å². The zero-order valence-electron chi connectivity index (χ0n) is 11.4. The second-order valence-corrected chi connectivity index (χ2v) is 4.70. The molecule has 0 heterocycles. The minimum atomic E-state index is -1.00. The predicted octanol–water partition coefficient (Wildman–Crippen LogP) is 2.22. The molecule has 0 radical (unpaired) electrons. The minimum absolute atomic E-state index is 0.0212. The summed E-state index contributed by atoms with van der Waals surface area (Å²) in [5.74, 6) is -1.97. The summed E-state index contributed by atoms with van der Waals surface area (Å²) in [6.45, 7) is 3.65. The lowest BCUT2D eigenvalue weighted by Crippen LogP contribution is -2.20. The van der Waals surface area contributed by atoms with Gasteiger partial charge < -0.3 is 15.3 Å². The number of aliphatic hydroxyl groups excluding tert-OH is 1. The van der Waals surface area contributed by atoms with Crippen LogP contribution in [0.25, 0.3) is 0 Å². The van der Waals surface area contributed by atoms with Crippen molar-refractivity contribution in [2.45, 2.75) is 45.6 Å². The van der Waals surface area contributed by atoms with Crippen LogP contribution in [0.5, 0.6) is 0 Å². The number of hydrogen-bond acceptors (Lipinski definition) is 3. The first-order valence-electron chi connectivity index (χ1n) is 6.25. The highest BCUT2D eigenvalue weighted by Crippen LogP contribution is 2.13. The van der Waals surface area contributed by atoms with E-state index >= 15 is 0 Å². The summed E-state index contributed by atoms with van der Waals surface area (Å²) in [6.07, 6.45) is 5.64. The summed E-state index contributed by atoms with van der Waals surface area (Å²) in [6, 6.07) is 0. The Kier molecular flexibility index (Phi) is 8.53. The van der Waals surface area contributed by atoms with E-state index in [1.54, 1.807) is 13.0 Å². The third-order valence-electron chi connectivity index (χ3n) is 2.78. The number of rotatable bonds is 9. The molecule has 5 nitrogen and oxygen atoms in total. The van der Waals surface area contributed by atoms with Gasteiger partial charge in [-0.15, -0.1) is 0 Å². The van der Waals surface area contributed by atoms with Crippen LogP contribution in [0.3, 0.4) is 0 Å². The van der Waals surface area contributed by atoms with Crippen molar-refractivity contribution in [3.05, 3.63) is 23.8 Å². The third-order valence-corrected chi connectivity index (χ3v) is 2.78. The fourth-order valence-electron chi connectivity index (χ4n) is 1.46. The van der Waals surface area contributed by atoms with Crippen LogP contribution in [0, 0.1) is 5.92 Å². The Bertz CT molecular complexity index is 357. The van der Waals surface area contributed by atoms with E-state index in [-0.39, 0.29) is 18.8 Å². The van der Waals surface area contributed by atoms with Gasteiger partial charge in [0.2, 0.25) is 0 Å². The molecule has 0 aromatic heterocycles. The van der Waals surface area contributed by atoms with Gasteiger partial charge in [0.25, 0.3) is 0 Å². The van der Waals surface area contributed by atoms with Gasteiger partial charge in [-0.1, -0.05) is 30.7 Å². The Hall–Kier alpha value is -1.62. The van der Waals surface area contributed by atoms with Crippen molar-refractivity contribution in [3.8, 4) is 0 Å². The Morgan fingerprint density at radius 2 is 1.74 bits per heavy atom. The Labute approximate surface area is 113 Å². The molecule has 0 aliphatic heterocycles. The lowest BCUT2D eigenvalue weighted by molar-refractivity contribution is -0.140. The summed E-state index contributed by atoms with van der Waals surface area (Å²) in [4.78, 5) is 20.8. The monoisotopic (exact) mass is 270 g/mol. The molecule has 0 amide bonds. The molecule has 0 aromatic carbocycles. The molecule has 0 aliphatic carbocycles. The molecule has 2 atom stereocenters. The number of carboxylic acids is 2. The number of carboxylic acid groups (broad SMARTS) is 2. The Morgan fingerprint density at radius 3 is 2.26 bits per heavy atom. The van der Waals surface area contributed by atoms with Crippen molar-refractivity contribution in [2.24, 2.45) is 5.92 Å². The third kappa shape index (κ3) is 10.0. The molecular formula is C14H22O5. The van der Waals surface area contributed by atoms with Crippen LogP contribution in [0.2, 0.25) is 0 Å². The van der Waals surface area contributed by atoms with Crippen LogP contribution in [0.15, 0.2) is 23.8 Å². The van der Waals surface area contributed by atoms with Crippen LogP contribution in [-0.4, -0.2) is 33.4 Å². The second kappa shape index (κ2) is 9.33. The van der Waals surface area contributed by atoms with Gasteiger partial charge in [-0.3, -0.25) is 9.59 Å². The zero-order chi connectivity index (χ0) is 14.8. The van der Waals surface area contributed by atoms with Crippen LogP contribution in [0.4, 0.5) is 0 Å². The summed E-state index contributed by atoms with van der Waals surface area (Å²) in [7, 11) is 0. The second-order valence-electron chi connectivity index (χ2n) is 4.70. The minimum Gasteiger partial charge on any atom is -0.481 e. The maximum absolute atomic E-state index is 10.4. The molecule has 0 bridgehead atoms. The maximum atomic E-state index is 10.4. The van der Waals surface area contributed by atoms with Crippen LogP contribution in [0.1, 0.15) is 39.5 Å². The van der Waals surface area contributed by atoms with Crippen molar-refractivity contribution in [3.63, 3.8) is 0 Å². The van der Waals surface area contributed by atoms with Gasteiger partial charge in [0.15, 0.2) is 0 Å². The van der Waals surface area contributed by atoms with Crippen molar-refractivity contribution in [1.82, 2.24) is 0 Å². The van der Waals surface area contributed by atoms with Crippen molar-refractivity contribution in [1.29, 1.82) is 0 Å². The van der Waals surface area contributed by atoms with Crippen LogP contribution < -0.4 is 0 Å². The van der Waals surface area contributed by atoms with E-state index in [9.17, 15) is 14.7 Å². The van der Waals surface area contributed by atoms with Crippen LogP contribution >= 0.6 is 0 Å². The molecule has 0 aromatic rings. The highest BCUT2D eigenvalue weighted by molar-refractivity contribution is 5.68. The highest BCUT2D eigenvalue weighted by atomic mass is 16.4. The molecule has 0 saturated carbocycles. The first-order valence-corrected chi connectivity index (χ1v) is 6.25. The van der Waals surface area contributed by atoms with E-state index in [2.05, 4.69) is 0 Å². The fourth-order valence-corrected chi connectivity index (χ4v) is 1.46. The lowest BCUT2D eigenvalue weighted by atomic mass is 9.98. The molecule has 0 aliphatic rings. The Morgan fingerprint density at radius 1 is 1.11 bits per heavy atom. The molecule has 108 valence electrons. The summed E-state index contributed by atoms with van der Waals surface area (Å²) in [5.41, 5.74) is 0.970. The molecule has 3 N–H and O–H groups in total. The number of allylic oxidation sites excluding steroid dienone is 3. The zero-order valence-corrected chi connectivity index (χ0v) is 11.4. The SMILES string of the molecule is C/C(=C\CC(=O)O)C/C=C/C[C@@H](C)[C@H](O)CC(=O)O. The van der Waals surface area contributed by atoms with Crippen molar-refractivity contribution < 1.29 is 24.9 Å². The van der Waals surface area contributed by atoms with Crippen LogP contribution in [-0.2, 0) is 9.59 Å². The largest absolute Gasteiger partial charge is 0.481 e. The fraction of sp³-hybridized carbons (Fsp3) is 0.571. The average Bonchev–Trinajstić information content (AvgIpc) is 2.30. The number of aliphatic hydroxyl groups is 1. The molecule has 0 unspecified atom stereocenters. The van der Waals surface area contributed by atoms with Crippen molar-refractivity contribution >= 4 is 11.9 Å². The highest BCUT2D eigenvalue weighted by Gasteiger charge is 2.15. The molecule has 0 saturated heterocycles. The van der Waals surface area contributed by atoms with E-state index in [0.29, 0.717) is 12.8 Å². The maximum Gasteiger partial charge on any atom is 0.307 e. The standard InChI is InChI=1S/C14H22O5/c1-10(7-8-13(16)17)5-3-4-6-11(2)12(15)9-14(18)19/h3-4,7,11-12,15H,5-6,8-9H2,1-2H3,(H,16,17)(H,18,19)/b4-3+,10-7+/t11-,12-/m1/s1. The molecule has 0 rings (SSSR count). The molecular weight excluding hydrogens is 248 g/mol. The topological polar surface area (TPSA) is 94.8 Å². The molecule has 19 heavy (non-hydrogen) atoms. The number of aliphatic carboxylic acids is 2. The predicted molar refractivity (Wildman–Crippen MR) is 71.8 cm³/mol. The first-order chi connectivity index (χ1) is 8.82. The van der Waals surface area contributed by atoms with E-state index in [1.165, 1.54) is 0 Å². The smallest absolute Gasteiger partial charge is 0.307 e. The lowest BCUT2D eigenvalue weighted by Gasteiger charge is -2.14. The summed E-state index contributed by atoms with van der Waals surface area (Å²) in [5, 5.41) is 26.6. The van der Waals surface area contributed by atoms with E-state index in [0.717, 1.165) is 5.57 Å². The van der Waals surface area contributed by atoms with Gasteiger partial charge in [-0.2, -0.15) is 0 Å². The van der Waals surface area contributed by atoms with Gasteiger partial charge in [0, 0.05) is 0 Å². The van der Waals surface area contributed by atoms with Gasteiger partial charge >= 0.3 is 11.9 Å². The quantitative estimate of drug-likeness (QED) is 0.558. The number of hydrogen-bond donors (Lipinski definition) is 3. The van der Waals surface area contributed by atoms with E-state index in [1.807, 2.05) is 19.1 Å². The molecule has 5 heteroatoms. The van der Waals surface area contributed by atoms with E-state index in [4.69, 9.17) is 10.2 Å². The number of carbonyl (C=O) groups is 2. The summed E-state index contributed by atoms with van der Waals surface area (Å²) >= 11 is 0. The normalized spacial score (nSPS) is 15.4.